The van der Waals surface area contributed by atoms with E-state index in [2.05, 4.69) is 5.32 Å². The van der Waals surface area contributed by atoms with Gasteiger partial charge in [-0.3, -0.25) is 0 Å². The van der Waals surface area contributed by atoms with Gasteiger partial charge < -0.3 is 10.4 Å². The van der Waals surface area contributed by atoms with Crippen LogP contribution < -0.4 is 5.32 Å². The average molecular weight is 259 g/mol. The maximum Gasteiger partial charge on any atom is 0.331 e. The second-order valence-corrected chi connectivity index (χ2v) is 3.51. The van der Waals surface area contributed by atoms with Crippen LogP contribution in [0.3, 0.4) is 0 Å². The Morgan fingerprint density at radius 3 is 2.33 bits per heavy atom. The Labute approximate surface area is 102 Å². The molecule has 1 aromatic carbocycles. The summed E-state index contributed by atoms with van der Waals surface area (Å²) in [5, 5.41) is 11.1. The summed E-state index contributed by atoms with van der Waals surface area (Å²) in [7, 11) is 0. The average Bonchev–Trinajstić information content (AvgIpc) is 2.26. The summed E-state index contributed by atoms with van der Waals surface area (Å²) >= 11 is 0. The monoisotopic (exact) mass is 259 g/mol. The smallest absolute Gasteiger partial charge is 0.331 e. The maximum absolute atomic E-state index is 13.2. The minimum atomic E-state index is -1.08. The number of benzene rings is 1. The van der Waals surface area contributed by atoms with E-state index in [1.807, 2.05) is 0 Å². The van der Waals surface area contributed by atoms with Crippen LogP contribution in [-0.4, -0.2) is 17.6 Å². The molecule has 3 nitrogen and oxygen atoms in total. The molecule has 1 rings (SSSR count). The fraction of sp³-hybridized carbons (Fsp3) is 0.250. The minimum Gasteiger partial charge on any atom is -0.478 e. The number of anilines is 1. The highest BCUT2D eigenvalue weighted by molar-refractivity contribution is 5.86. The van der Waals surface area contributed by atoms with Gasteiger partial charge >= 0.3 is 5.97 Å². The summed E-state index contributed by atoms with van der Waals surface area (Å²) in [6.07, 6.45) is 1.61. The van der Waals surface area contributed by atoms with E-state index in [1.54, 1.807) is 6.92 Å². The van der Waals surface area contributed by atoms with E-state index in [0.29, 0.717) is 18.6 Å². The van der Waals surface area contributed by atoms with Gasteiger partial charge in [-0.2, -0.15) is 0 Å². The van der Waals surface area contributed by atoms with Crippen LogP contribution in [0.15, 0.2) is 23.8 Å². The van der Waals surface area contributed by atoms with Crippen LogP contribution >= 0.6 is 0 Å². The molecule has 0 spiro atoms. The van der Waals surface area contributed by atoms with E-state index in [4.69, 9.17) is 5.11 Å². The lowest BCUT2D eigenvalue weighted by atomic mass is 10.2. The van der Waals surface area contributed by atoms with Crippen molar-refractivity contribution in [3.8, 4) is 0 Å². The number of aliphatic carboxylic acids is 1. The van der Waals surface area contributed by atoms with E-state index in [9.17, 15) is 18.0 Å². The lowest BCUT2D eigenvalue weighted by Crippen LogP contribution is -2.07. The zero-order valence-corrected chi connectivity index (χ0v) is 9.64. The number of hydrogen-bond donors (Lipinski definition) is 2. The van der Waals surface area contributed by atoms with Gasteiger partial charge in [-0.05, 0) is 6.42 Å². The molecule has 0 atom stereocenters. The molecule has 2 N–H and O–H groups in total. The van der Waals surface area contributed by atoms with Crippen LogP contribution in [0.2, 0.25) is 0 Å². The van der Waals surface area contributed by atoms with Gasteiger partial charge in [-0.15, -0.1) is 0 Å². The molecule has 0 saturated carbocycles. The Morgan fingerprint density at radius 2 is 1.89 bits per heavy atom. The third-order valence-corrected chi connectivity index (χ3v) is 2.29. The molecule has 0 amide bonds. The quantitative estimate of drug-likeness (QED) is 0.799. The van der Waals surface area contributed by atoms with E-state index >= 15 is 0 Å². The molecule has 0 fully saturated rings. The number of nitrogens with one attached hydrogen (secondary N) is 1. The first kappa shape index (κ1) is 14.1. The summed E-state index contributed by atoms with van der Waals surface area (Å²) in [5.41, 5.74) is -0.348. The van der Waals surface area contributed by atoms with Crippen molar-refractivity contribution in [1.82, 2.24) is 0 Å². The van der Waals surface area contributed by atoms with Crippen LogP contribution in [0.1, 0.15) is 13.3 Å². The predicted molar refractivity (Wildman–Crippen MR) is 60.8 cm³/mol. The molecule has 0 heterocycles. The molecule has 0 bridgehead atoms. The highest BCUT2D eigenvalue weighted by Crippen LogP contribution is 2.19. The number of halogens is 3. The molecule has 0 saturated heterocycles. The molecule has 0 aliphatic carbocycles. The third kappa shape index (κ3) is 3.51. The Bertz CT molecular complexity index is 463. The molecule has 18 heavy (non-hydrogen) atoms. The van der Waals surface area contributed by atoms with Crippen molar-refractivity contribution in [3.05, 3.63) is 41.2 Å². The van der Waals surface area contributed by atoms with Crippen molar-refractivity contribution >= 4 is 11.7 Å². The predicted octanol–water partition coefficient (Wildman–Crippen LogP) is 2.94. The third-order valence-electron chi connectivity index (χ3n) is 2.29. The first-order valence-corrected chi connectivity index (χ1v) is 5.26. The van der Waals surface area contributed by atoms with Gasteiger partial charge in [0.2, 0.25) is 0 Å². The highest BCUT2D eigenvalue weighted by Gasteiger charge is 2.10. The first-order chi connectivity index (χ1) is 8.45. The number of rotatable bonds is 5. The topological polar surface area (TPSA) is 49.3 Å². The maximum atomic E-state index is 13.2. The van der Waals surface area contributed by atoms with E-state index < -0.39 is 29.1 Å². The molecule has 98 valence electrons. The van der Waals surface area contributed by atoms with Gasteiger partial charge in [-0.1, -0.05) is 13.0 Å². The first-order valence-electron chi connectivity index (χ1n) is 5.26. The Balaban J connectivity index is 2.78. The summed E-state index contributed by atoms with van der Waals surface area (Å²) < 4.78 is 39.0. The zero-order chi connectivity index (χ0) is 13.7. The summed E-state index contributed by atoms with van der Waals surface area (Å²) in [4.78, 5) is 10.7. The van der Waals surface area contributed by atoms with Crippen molar-refractivity contribution in [2.24, 2.45) is 0 Å². The van der Waals surface area contributed by atoms with E-state index in [1.165, 1.54) is 6.08 Å². The highest BCUT2D eigenvalue weighted by atomic mass is 19.1. The molecule has 0 aromatic heterocycles. The van der Waals surface area contributed by atoms with Crippen molar-refractivity contribution < 1.29 is 23.1 Å². The number of carboxylic acid groups (broad SMARTS) is 1. The molecule has 1 aromatic rings. The molecular weight excluding hydrogens is 247 g/mol. The van der Waals surface area contributed by atoms with Crippen LogP contribution in [0.4, 0.5) is 18.9 Å². The van der Waals surface area contributed by atoms with E-state index in [0.717, 1.165) is 0 Å². The van der Waals surface area contributed by atoms with Gasteiger partial charge in [0.05, 0.1) is 0 Å². The second-order valence-electron chi connectivity index (χ2n) is 3.51. The van der Waals surface area contributed by atoms with Gasteiger partial charge in [0.25, 0.3) is 0 Å². The summed E-state index contributed by atoms with van der Waals surface area (Å²) in [6.45, 7) is 1.59. The van der Waals surface area contributed by atoms with Crippen molar-refractivity contribution in [1.29, 1.82) is 0 Å². The number of carboxylic acids is 1. The molecule has 0 aliphatic heterocycles. The van der Waals surface area contributed by atoms with Crippen molar-refractivity contribution in [2.75, 3.05) is 11.9 Å². The van der Waals surface area contributed by atoms with E-state index in [-0.39, 0.29) is 12.1 Å². The lowest BCUT2D eigenvalue weighted by Gasteiger charge is -2.07. The zero-order valence-electron chi connectivity index (χ0n) is 9.64. The minimum absolute atomic E-state index is 0.0606. The van der Waals surface area contributed by atoms with Crippen LogP contribution in [-0.2, 0) is 4.79 Å². The Morgan fingerprint density at radius 1 is 1.33 bits per heavy atom. The van der Waals surface area contributed by atoms with Gasteiger partial charge in [0.15, 0.2) is 11.6 Å². The fourth-order valence-corrected chi connectivity index (χ4v) is 1.37. The molecular formula is C12H12F3NO2. The molecule has 6 heteroatoms. The standard InChI is InChI=1S/C12H12F3NO2/c1-2-7(12(17)18)3-4-16-11-9(14)5-8(13)6-10(11)15/h3,5-6,16H,2,4H2,1H3,(H,17,18). The van der Waals surface area contributed by atoms with Gasteiger partial charge in [0, 0.05) is 24.3 Å². The largest absolute Gasteiger partial charge is 0.478 e. The number of carbonyl (C=O) groups is 1. The summed E-state index contributed by atoms with van der Waals surface area (Å²) in [5.74, 6) is -4.21. The SMILES string of the molecule is CCC(=CCNc1c(F)cc(F)cc1F)C(=O)O. The Hall–Kier alpha value is -1.98. The molecule has 0 aliphatic rings. The fourth-order valence-electron chi connectivity index (χ4n) is 1.37. The van der Waals surface area contributed by atoms with Crippen molar-refractivity contribution in [3.63, 3.8) is 0 Å². The van der Waals surface area contributed by atoms with Crippen LogP contribution in [0.25, 0.3) is 0 Å². The number of hydrogen-bond acceptors (Lipinski definition) is 2. The van der Waals surface area contributed by atoms with Crippen LogP contribution in [0, 0.1) is 17.5 Å². The van der Waals surface area contributed by atoms with Crippen molar-refractivity contribution in [2.45, 2.75) is 13.3 Å². The normalized spacial score (nSPS) is 11.4. The molecule has 0 radical (unpaired) electrons. The lowest BCUT2D eigenvalue weighted by molar-refractivity contribution is -0.132. The Kier molecular flexibility index (Phi) is 4.76. The van der Waals surface area contributed by atoms with Gasteiger partial charge in [-0.25, -0.2) is 18.0 Å². The molecule has 0 unspecified atom stereocenters. The van der Waals surface area contributed by atoms with Gasteiger partial charge in [0.1, 0.15) is 11.5 Å². The van der Waals surface area contributed by atoms with Crippen LogP contribution in [0.5, 0.6) is 0 Å². The summed E-state index contributed by atoms with van der Waals surface area (Å²) in [6, 6.07) is 1.10. The second kappa shape index (κ2) is 6.09.